The molecule has 8 nitrogen and oxygen atoms in total. The second-order valence-electron chi connectivity index (χ2n) is 6.82. The van der Waals surface area contributed by atoms with Gasteiger partial charge in [-0.25, -0.2) is 13.2 Å². The Labute approximate surface area is 186 Å². The van der Waals surface area contributed by atoms with Gasteiger partial charge in [-0.3, -0.25) is 9.59 Å². The molecule has 176 valence electrons. The lowest BCUT2D eigenvalue weighted by atomic mass is 10.0. The molecule has 0 aromatic heterocycles. The van der Waals surface area contributed by atoms with Gasteiger partial charge in [-0.2, -0.15) is 13.2 Å². The van der Waals surface area contributed by atoms with Gasteiger partial charge < -0.3 is 14.2 Å². The number of ether oxygens (including phenoxy) is 3. The number of carbonyl (C=O) groups is 3. The Bertz CT molecular complexity index is 1060. The normalized spacial score (nSPS) is 17.0. The molecule has 0 bridgehead atoms. The van der Waals surface area contributed by atoms with E-state index < -0.39 is 63.0 Å². The molecule has 1 atom stereocenters. The van der Waals surface area contributed by atoms with Crippen molar-refractivity contribution in [3.8, 4) is 0 Å². The van der Waals surface area contributed by atoms with E-state index in [1.165, 1.54) is 0 Å². The van der Waals surface area contributed by atoms with E-state index in [2.05, 4.69) is 4.74 Å². The molecule has 0 saturated carbocycles. The molecule has 1 aliphatic rings. The zero-order chi connectivity index (χ0) is 24.3. The van der Waals surface area contributed by atoms with E-state index in [1.807, 2.05) is 0 Å². The van der Waals surface area contributed by atoms with Crippen molar-refractivity contribution in [3.05, 3.63) is 40.1 Å². The molecule has 0 saturated heterocycles. The highest BCUT2D eigenvalue weighted by atomic mass is 35.5. The Hall–Kier alpha value is -2.44. The number of benzene rings is 1. The molecule has 0 fully saturated rings. The summed E-state index contributed by atoms with van der Waals surface area (Å²) in [4.78, 5) is 35.1. The first-order chi connectivity index (χ1) is 14.7. The average molecular weight is 499 g/mol. The fourth-order valence-electron chi connectivity index (χ4n) is 2.82. The second-order valence-corrected chi connectivity index (χ2v) is 9.19. The third-order valence-electron chi connectivity index (χ3n) is 4.14. The maximum absolute atomic E-state index is 12.5. The average Bonchev–Trinajstić information content (AvgIpc) is 2.62. The van der Waals surface area contributed by atoms with Gasteiger partial charge in [0.25, 0.3) is 0 Å². The quantitative estimate of drug-likeness (QED) is 0.527. The van der Waals surface area contributed by atoms with Gasteiger partial charge in [-0.1, -0.05) is 11.6 Å². The molecule has 13 heteroatoms. The smallest absolute Gasteiger partial charge is 0.411 e. The van der Waals surface area contributed by atoms with Crippen molar-refractivity contribution in [2.45, 2.75) is 43.5 Å². The van der Waals surface area contributed by atoms with Crippen LogP contribution in [0.25, 0.3) is 0 Å². The van der Waals surface area contributed by atoms with Crippen LogP contribution in [0.3, 0.4) is 0 Å². The maximum Gasteiger partial charge on any atom is 0.411 e. The Morgan fingerprint density at radius 3 is 2.44 bits per heavy atom. The van der Waals surface area contributed by atoms with Gasteiger partial charge in [-0.15, -0.1) is 0 Å². The zero-order valence-corrected chi connectivity index (χ0v) is 18.4. The summed E-state index contributed by atoms with van der Waals surface area (Å²) in [7, 11) is -3.91. The standard InChI is InChI=1S/C19H18ClF3O8S/c1-10(24)30-15-5-3-11(7-14(15)25)31-18(26)12-4-6-16(32(2,27)28)13(17(12)20)8-29-9-19(21,22)23/h4,6-7,15H,3,5,8-9H2,1-2H3. The highest BCUT2D eigenvalue weighted by Gasteiger charge is 2.30. The van der Waals surface area contributed by atoms with Crippen LogP contribution in [0.5, 0.6) is 0 Å². The molecule has 1 aromatic carbocycles. The third kappa shape index (κ3) is 7.04. The van der Waals surface area contributed by atoms with Gasteiger partial charge in [0.1, 0.15) is 12.4 Å². The molecule has 1 aliphatic carbocycles. The molecule has 0 amide bonds. The largest absolute Gasteiger partial charge is 0.454 e. The predicted molar refractivity (Wildman–Crippen MR) is 104 cm³/mol. The zero-order valence-electron chi connectivity index (χ0n) is 16.8. The first-order valence-corrected chi connectivity index (χ1v) is 11.3. The highest BCUT2D eigenvalue weighted by molar-refractivity contribution is 7.90. The van der Waals surface area contributed by atoms with E-state index in [1.54, 1.807) is 0 Å². The topological polar surface area (TPSA) is 113 Å². The predicted octanol–water partition coefficient (Wildman–Crippen LogP) is 3.16. The summed E-state index contributed by atoms with van der Waals surface area (Å²) in [5, 5.41) is -0.458. The number of carbonyl (C=O) groups excluding carboxylic acids is 3. The van der Waals surface area contributed by atoms with Gasteiger partial charge in [0.05, 0.1) is 22.1 Å². The van der Waals surface area contributed by atoms with Crippen LogP contribution < -0.4 is 0 Å². The van der Waals surface area contributed by atoms with Gasteiger partial charge in [0.15, 0.2) is 21.7 Å². The number of hydrogen-bond acceptors (Lipinski definition) is 8. The summed E-state index contributed by atoms with van der Waals surface area (Å²) < 4.78 is 75.6. The number of hydrogen-bond donors (Lipinski definition) is 0. The minimum Gasteiger partial charge on any atom is -0.454 e. The monoisotopic (exact) mass is 498 g/mol. The third-order valence-corrected chi connectivity index (χ3v) is 5.75. The number of allylic oxidation sites excluding steroid dienone is 1. The van der Waals surface area contributed by atoms with E-state index in [0.29, 0.717) is 0 Å². The fourth-order valence-corrected chi connectivity index (χ4v) is 4.10. The Balaban J connectivity index is 2.27. The minimum absolute atomic E-state index is 0.0403. The van der Waals surface area contributed by atoms with E-state index in [-0.39, 0.29) is 29.7 Å². The Morgan fingerprint density at radius 1 is 1.25 bits per heavy atom. The van der Waals surface area contributed by atoms with E-state index in [9.17, 15) is 36.0 Å². The Kier molecular flexibility index (Phi) is 8.07. The van der Waals surface area contributed by atoms with Crippen molar-refractivity contribution in [2.75, 3.05) is 12.9 Å². The number of ketones is 1. The van der Waals surface area contributed by atoms with Gasteiger partial charge in [-0.05, 0) is 18.6 Å². The summed E-state index contributed by atoms with van der Waals surface area (Å²) in [6.07, 6.45) is -3.68. The van der Waals surface area contributed by atoms with Gasteiger partial charge in [0.2, 0.25) is 0 Å². The van der Waals surface area contributed by atoms with Crippen LogP contribution in [0.1, 0.15) is 35.7 Å². The number of sulfone groups is 1. The van der Waals surface area contributed by atoms with Crippen molar-refractivity contribution in [1.82, 2.24) is 0 Å². The first-order valence-electron chi connectivity index (χ1n) is 8.99. The highest BCUT2D eigenvalue weighted by Crippen LogP contribution is 2.31. The second kappa shape index (κ2) is 10.0. The van der Waals surface area contributed by atoms with Crippen molar-refractivity contribution in [2.24, 2.45) is 0 Å². The van der Waals surface area contributed by atoms with Crippen LogP contribution in [-0.2, 0) is 40.2 Å². The summed E-state index contributed by atoms with van der Waals surface area (Å²) in [5.41, 5.74) is -0.670. The number of esters is 2. The van der Waals surface area contributed by atoms with Gasteiger partial charge in [0, 0.05) is 31.2 Å². The van der Waals surface area contributed by atoms with Crippen molar-refractivity contribution in [1.29, 1.82) is 0 Å². The lowest BCUT2D eigenvalue weighted by molar-refractivity contribution is -0.176. The van der Waals surface area contributed by atoms with Crippen LogP contribution >= 0.6 is 11.6 Å². The van der Waals surface area contributed by atoms with Crippen molar-refractivity contribution in [3.63, 3.8) is 0 Å². The van der Waals surface area contributed by atoms with Crippen LogP contribution in [0.2, 0.25) is 5.02 Å². The molecule has 0 radical (unpaired) electrons. The summed E-state index contributed by atoms with van der Waals surface area (Å²) >= 11 is 6.12. The van der Waals surface area contributed by atoms with Gasteiger partial charge >= 0.3 is 18.1 Å². The van der Waals surface area contributed by atoms with Crippen LogP contribution in [0.15, 0.2) is 28.9 Å². The van der Waals surface area contributed by atoms with E-state index in [0.717, 1.165) is 31.4 Å². The number of alkyl halides is 3. The molecule has 0 N–H and O–H groups in total. The van der Waals surface area contributed by atoms with Crippen LogP contribution in [0.4, 0.5) is 13.2 Å². The summed E-state index contributed by atoms with van der Waals surface area (Å²) in [6, 6.07) is 2.04. The molecular formula is C19H18ClF3O8S. The lowest BCUT2D eigenvalue weighted by Crippen LogP contribution is -2.29. The molecule has 0 spiro atoms. The van der Waals surface area contributed by atoms with E-state index >= 15 is 0 Å². The van der Waals surface area contributed by atoms with Crippen molar-refractivity contribution < 1.29 is 50.2 Å². The Morgan fingerprint density at radius 2 is 1.91 bits per heavy atom. The van der Waals surface area contributed by atoms with E-state index in [4.69, 9.17) is 21.1 Å². The fraction of sp³-hybridized carbons (Fsp3) is 0.421. The molecule has 0 aliphatic heterocycles. The number of rotatable bonds is 7. The molecule has 1 unspecified atom stereocenters. The van der Waals surface area contributed by atoms with Crippen molar-refractivity contribution >= 4 is 39.2 Å². The molecule has 2 rings (SSSR count). The molecular weight excluding hydrogens is 481 g/mol. The minimum atomic E-state index is -4.65. The van der Waals surface area contributed by atoms with Crippen LogP contribution in [0, 0.1) is 0 Å². The van der Waals surface area contributed by atoms with Crippen LogP contribution in [-0.4, -0.2) is 51.3 Å². The molecule has 0 heterocycles. The summed E-state index contributed by atoms with van der Waals surface area (Å²) in [6.45, 7) is -1.34. The summed E-state index contributed by atoms with van der Waals surface area (Å²) in [5.74, 6) is -2.33. The maximum atomic E-state index is 12.5. The molecule has 1 aromatic rings. The molecule has 32 heavy (non-hydrogen) atoms. The first kappa shape index (κ1) is 25.8. The SMILES string of the molecule is CC(=O)OC1CCC(OC(=O)c2ccc(S(C)(=O)=O)c(COCC(F)(F)F)c2Cl)=CC1=O. The number of halogens is 4. The lowest BCUT2D eigenvalue weighted by Gasteiger charge is -2.20.